The Morgan fingerprint density at radius 1 is 0.165 bits per heavy atom. The number of rotatable bonds is 8. The van der Waals surface area contributed by atoms with E-state index < -0.39 is 0 Å². The summed E-state index contributed by atoms with van der Waals surface area (Å²) in [5.74, 6) is -0.555. The second-order valence-corrected chi connectivity index (χ2v) is 27.7. The minimum absolute atomic E-state index is 0.170. The molecule has 8 heteroatoms. The van der Waals surface area contributed by atoms with Gasteiger partial charge < -0.3 is 0 Å². The van der Waals surface area contributed by atoms with E-state index in [0.717, 1.165) is 27.8 Å². The molecular formula is C107H98F3N5. The van der Waals surface area contributed by atoms with Crippen molar-refractivity contribution in [2.45, 2.75) is 69.2 Å². The third-order valence-corrected chi connectivity index (χ3v) is 18.2. The molecule has 17 aromatic rings. The third-order valence-electron chi connectivity index (χ3n) is 18.2. The van der Waals surface area contributed by atoms with Crippen molar-refractivity contribution in [1.82, 2.24) is 24.9 Å². The lowest BCUT2D eigenvalue weighted by Gasteiger charge is -2.03. The highest BCUT2D eigenvalue weighted by atomic mass is 19.1. The van der Waals surface area contributed by atoms with Crippen LogP contribution in [0.2, 0.25) is 0 Å². The van der Waals surface area contributed by atoms with Crippen LogP contribution in [0.5, 0.6) is 0 Å². The van der Waals surface area contributed by atoms with Crippen LogP contribution in [0.4, 0.5) is 13.2 Å². The van der Waals surface area contributed by atoms with E-state index in [9.17, 15) is 13.2 Å². The van der Waals surface area contributed by atoms with Crippen LogP contribution in [-0.2, 0) is 0 Å². The molecule has 0 N–H and O–H groups in total. The molecule has 5 aromatic heterocycles. The van der Waals surface area contributed by atoms with E-state index >= 15 is 0 Å². The second kappa shape index (κ2) is 46.1. The average molecular weight is 1510 g/mol. The molecule has 5 heterocycles. The van der Waals surface area contributed by atoms with Gasteiger partial charge in [-0.1, -0.05) is 324 Å². The molecule has 17 rings (SSSR count). The lowest BCUT2D eigenvalue weighted by molar-refractivity contribution is 0.627. The van der Waals surface area contributed by atoms with Gasteiger partial charge in [-0.05, 0) is 231 Å². The van der Waals surface area contributed by atoms with E-state index in [1.165, 1.54) is 136 Å². The average Bonchev–Trinajstić information content (AvgIpc) is 0.827. The Bertz CT molecular complexity index is 5390. The van der Waals surface area contributed by atoms with Crippen molar-refractivity contribution in [1.29, 1.82) is 0 Å². The summed E-state index contributed by atoms with van der Waals surface area (Å²) < 4.78 is 39.0. The first-order valence-electron chi connectivity index (χ1n) is 38.2. The van der Waals surface area contributed by atoms with Gasteiger partial charge in [-0.15, -0.1) is 0 Å². The maximum absolute atomic E-state index is 13.4. The van der Waals surface area contributed by atoms with Crippen LogP contribution in [0, 0.1) is 86.7 Å². The van der Waals surface area contributed by atoms with Gasteiger partial charge in [0, 0.05) is 73.1 Å². The van der Waals surface area contributed by atoms with E-state index in [4.69, 9.17) is 0 Å². The normalized spacial score (nSPS) is 9.96. The van der Waals surface area contributed by atoms with Gasteiger partial charge in [-0.3, -0.25) is 24.9 Å². The predicted molar refractivity (Wildman–Crippen MR) is 478 cm³/mol. The number of benzene rings is 12. The summed E-state index contributed by atoms with van der Waals surface area (Å²) in [6.07, 6.45) is 18.3. The highest BCUT2D eigenvalue weighted by Gasteiger charge is 2.06. The number of aromatic nitrogens is 5. The number of halogens is 3. The molecule has 0 aliphatic heterocycles. The van der Waals surface area contributed by atoms with Crippen LogP contribution in [0.15, 0.2) is 414 Å². The zero-order chi connectivity index (χ0) is 81.4. The molecule has 0 fully saturated rings. The second-order valence-electron chi connectivity index (χ2n) is 27.7. The fourth-order valence-corrected chi connectivity index (χ4v) is 11.7. The first-order valence-corrected chi connectivity index (χ1v) is 38.2. The molecule has 0 saturated carbocycles. The SMILES string of the molecule is Cc1ccc(-c2ccc(F)cc2)cc1.Cc1ccc(-c2cccc(F)c2)cc1.Cc1ccc(-c2ccccc2F)cc1.Cc1ccc(-c2cccnc2)cc1.Cc1ccc(C)cc1.Cc1cccc(-c2cccnc2)c1.Cc1cccc(-c2ccncc2)c1.Cc1ccccc1-c1cccnc1.Cc1ccccc1-c1ccncc1. The summed E-state index contributed by atoms with van der Waals surface area (Å²) >= 11 is 0. The summed E-state index contributed by atoms with van der Waals surface area (Å²) in [6, 6.07) is 115. The van der Waals surface area contributed by atoms with Crippen LogP contribution >= 0.6 is 0 Å². The molecule has 115 heavy (non-hydrogen) atoms. The number of hydrogen-bond donors (Lipinski definition) is 0. The van der Waals surface area contributed by atoms with Crippen LogP contribution in [0.1, 0.15) is 55.6 Å². The summed E-state index contributed by atoms with van der Waals surface area (Å²) in [4.78, 5) is 20.3. The molecule has 572 valence electrons. The smallest absolute Gasteiger partial charge is 0.131 e. The molecule has 0 spiro atoms. The Hall–Kier alpha value is -13.8. The van der Waals surface area contributed by atoms with E-state index in [-0.39, 0.29) is 17.5 Å². The van der Waals surface area contributed by atoms with Crippen molar-refractivity contribution < 1.29 is 13.2 Å². The summed E-state index contributed by atoms with van der Waals surface area (Å²) in [5, 5.41) is 0. The Morgan fingerprint density at radius 3 is 0.843 bits per heavy atom. The zero-order valence-electron chi connectivity index (χ0n) is 67.1. The van der Waals surface area contributed by atoms with Crippen LogP contribution in [-0.4, -0.2) is 24.9 Å². The van der Waals surface area contributed by atoms with Gasteiger partial charge in [-0.25, -0.2) is 13.2 Å². The largest absolute Gasteiger partial charge is 0.265 e. The lowest BCUT2D eigenvalue weighted by Crippen LogP contribution is -1.83. The van der Waals surface area contributed by atoms with E-state index in [2.05, 4.69) is 256 Å². The van der Waals surface area contributed by atoms with Gasteiger partial charge in [0.15, 0.2) is 0 Å². The molecular weight excluding hydrogens is 1410 g/mol. The van der Waals surface area contributed by atoms with Crippen molar-refractivity contribution in [3.63, 3.8) is 0 Å². The molecule has 0 bridgehead atoms. The van der Waals surface area contributed by atoms with Gasteiger partial charge in [-0.2, -0.15) is 0 Å². The molecule has 0 saturated heterocycles. The maximum Gasteiger partial charge on any atom is 0.131 e. The van der Waals surface area contributed by atoms with E-state index in [1.54, 1.807) is 55.0 Å². The topological polar surface area (TPSA) is 64.5 Å². The quantitative estimate of drug-likeness (QED) is 0.152. The third kappa shape index (κ3) is 29.4. The fourth-order valence-electron chi connectivity index (χ4n) is 11.7. The molecule has 0 radical (unpaired) electrons. The maximum atomic E-state index is 13.4. The van der Waals surface area contributed by atoms with Gasteiger partial charge in [0.25, 0.3) is 0 Å². The number of aryl methyl sites for hydroxylation is 10. The van der Waals surface area contributed by atoms with Gasteiger partial charge in [0.2, 0.25) is 0 Å². The highest BCUT2D eigenvalue weighted by Crippen LogP contribution is 2.28. The van der Waals surface area contributed by atoms with E-state index in [1.807, 2.05) is 172 Å². The molecule has 12 aromatic carbocycles. The number of pyridine rings is 5. The monoisotopic (exact) mass is 1510 g/mol. The zero-order valence-corrected chi connectivity index (χ0v) is 67.1. The van der Waals surface area contributed by atoms with Crippen LogP contribution < -0.4 is 0 Å². The predicted octanol–water partition coefficient (Wildman–Crippen LogP) is 29.0. The standard InChI is InChI=1S/3C13H11F.5C12H11N.C8H10/c1-10-2-4-11(5-3-10)12-6-8-13(14)9-7-12;1-10-5-7-11(8-6-10)12-3-2-4-13(14)9-12;1-10-6-8-11(9-7-10)12-4-2-3-5-13(12)14;1-10-4-2-5-11(8-10)12-6-3-7-13-9-12;1-10-4-6-11(7-5-10)12-3-2-8-13-9-12;1-10-5-2-3-7-12(10)11-6-4-8-13-9-11;1-10-3-2-4-12(9-10)11-5-7-13-8-6-11;1-10-4-2-3-5-12(10)11-6-8-13-9-7-11;1-7-3-5-8(2)6-4-7/h3*2-9H,1H3;5*2-9H,1H3;3-6H,1-2H3. The highest BCUT2D eigenvalue weighted by molar-refractivity contribution is 5.70. The molecule has 0 amide bonds. The van der Waals surface area contributed by atoms with Crippen LogP contribution in [0.25, 0.3) is 89.0 Å². The van der Waals surface area contributed by atoms with Gasteiger partial charge in [0.1, 0.15) is 17.5 Å². The first kappa shape index (κ1) is 85.2. The molecule has 5 nitrogen and oxygen atoms in total. The lowest BCUT2D eigenvalue weighted by atomic mass is 10.0. The van der Waals surface area contributed by atoms with E-state index in [0.29, 0.717) is 5.56 Å². The summed E-state index contributed by atoms with van der Waals surface area (Å²) in [6.45, 7) is 20.8. The summed E-state index contributed by atoms with van der Waals surface area (Å²) in [5.41, 5.74) is 30.7. The van der Waals surface area contributed by atoms with Gasteiger partial charge in [0.05, 0.1) is 0 Å². The van der Waals surface area contributed by atoms with Gasteiger partial charge >= 0.3 is 0 Å². The fraction of sp³-hybridized carbons (Fsp3) is 0.0935. The molecule has 0 aliphatic rings. The van der Waals surface area contributed by atoms with Crippen LogP contribution in [0.3, 0.4) is 0 Å². The Balaban J connectivity index is 0.000000148. The van der Waals surface area contributed by atoms with Crippen molar-refractivity contribution in [3.8, 4) is 89.0 Å². The molecule has 0 aliphatic carbocycles. The Morgan fingerprint density at radius 2 is 0.452 bits per heavy atom. The van der Waals surface area contributed by atoms with Crippen molar-refractivity contribution >= 4 is 0 Å². The Labute approximate surface area is 679 Å². The molecule has 0 unspecified atom stereocenters. The first-order chi connectivity index (χ1) is 55.9. The van der Waals surface area contributed by atoms with Crippen molar-refractivity contribution in [2.24, 2.45) is 0 Å². The Kier molecular flexibility index (Phi) is 34.2. The minimum atomic E-state index is -0.194. The van der Waals surface area contributed by atoms with Crippen molar-refractivity contribution in [2.75, 3.05) is 0 Å². The minimum Gasteiger partial charge on any atom is -0.265 e. The number of nitrogens with zero attached hydrogens (tertiary/aromatic N) is 5. The number of hydrogen-bond acceptors (Lipinski definition) is 5. The molecule has 0 atom stereocenters. The van der Waals surface area contributed by atoms with Crippen molar-refractivity contribution in [3.05, 3.63) is 487 Å². The summed E-state index contributed by atoms with van der Waals surface area (Å²) in [7, 11) is 0.